The van der Waals surface area contributed by atoms with Gasteiger partial charge in [0, 0.05) is 6.04 Å². The van der Waals surface area contributed by atoms with Crippen LogP contribution < -0.4 is 5.32 Å². The molecule has 1 saturated carbocycles. The third-order valence-electron chi connectivity index (χ3n) is 3.32. The number of hydrogen-bond acceptors (Lipinski definition) is 2. The normalized spacial score (nSPS) is 33.7. The van der Waals surface area contributed by atoms with Crippen LogP contribution >= 0.6 is 0 Å². The van der Waals surface area contributed by atoms with E-state index < -0.39 is 5.97 Å². The zero-order valence-corrected chi connectivity index (χ0v) is 9.99. The van der Waals surface area contributed by atoms with Crippen LogP contribution in [-0.4, -0.2) is 23.2 Å². The molecule has 1 aliphatic rings. The highest BCUT2D eigenvalue weighted by Crippen LogP contribution is 2.28. The Labute approximate surface area is 92.3 Å². The van der Waals surface area contributed by atoms with Crippen LogP contribution in [0.15, 0.2) is 0 Å². The van der Waals surface area contributed by atoms with Crippen LogP contribution in [0.1, 0.15) is 46.5 Å². The second-order valence-corrected chi connectivity index (χ2v) is 5.08. The largest absolute Gasteiger partial charge is 0.480 e. The number of aliphatic carboxylic acids is 1. The molecule has 15 heavy (non-hydrogen) atoms. The Hall–Kier alpha value is -0.570. The minimum Gasteiger partial charge on any atom is -0.480 e. The maximum atomic E-state index is 10.9. The van der Waals surface area contributed by atoms with Gasteiger partial charge in [0.05, 0.1) is 0 Å². The van der Waals surface area contributed by atoms with Crippen LogP contribution in [-0.2, 0) is 4.79 Å². The monoisotopic (exact) mass is 213 g/mol. The van der Waals surface area contributed by atoms with Crippen molar-refractivity contribution in [1.82, 2.24) is 5.32 Å². The van der Waals surface area contributed by atoms with Gasteiger partial charge in [0.1, 0.15) is 6.04 Å². The van der Waals surface area contributed by atoms with Crippen molar-refractivity contribution in [2.45, 2.75) is 58.5 Å². The smallest absolute Gasteiger partial charge is 0.320 e. The molecule has 0 amide bonds. The van der Waals surface area contributed by atoms with E-state index in [0.29, 0.717) is 12.5 Å². The van der Waals surface area contributed by atoms with Crippen molar-refractivity contribution in [3.8, 4) is 0 Å². The number of carbonyl (C=O) groups is 1. The van der Waals surface area contributed by atoms with E-state index in [1.807, 2.05) is 6.92 Å². The number of nitrogens with one attached hydrogen (secondary N) is 1. The zero-order chi connectivity index (χ0) is 11.4. The summed E-state index contributed by atoms with van der Waals surface area (Å²) in [4.78, 5) is 10.9. The predicted octanol–water partition coefficient (Wildman–Crippen LogP) is 2.26. The van der Waals surface area contributed by atoms with E-state index in [4.69, 9.17) is 5.11 Å². The fourth-order valence-electron chi connectivity index (χ4n) is 2.73. The van der Waals surface area contributed by atoms with E-state index in [9.17, 15) is 4.79 Å². The SMILES string of the molecule is CCC(NC1CC(C)CC(C)C1)C(=O)O. The van der Waals surface area contributed by atoms with E-state index in [-0.39, 0.29) is 6.04 Å². The van der Waals surface area contributed by atoms with Gasteiger partial charge >= 0.3 is 5.97 Å². The van der Waals surface area contributed by atoms with Gasteiger partial charge in [-0.3, -0.25) is 4.79 Å². The summed E-state index contributed by atoms with van der Waals surface area (Å²) >= 11 is 0. The van der Waals surface area contributed by atoms with Crippen molar-refractivity contribution in [3.05, 3.63) is 0 Å². The first-order chi connectivity index (χ1) is 7.02. The zero-order valence-electron chi connectivity index (χ0n) is 9.99. The first-order valence-corrected chi connectivity index (χ1v) is 6.01. The van der Waals surface area contributed by atoms with Gasteiger partial charge in [0.2, 0.25) is 0 Å². The minimum absolute atomic E-state index is 0.368. The van der Waals surface area contributed by atoms with Gasteiger partial charge in [0.25, 0.3) is 0 Å². The molecule has 3 nitrogen and oxygen atoms in total. The van der Waals surface area contributed by atoms with Gasteiger partial charge in [-0.25, -0.2) is 0 Å². The Morgan fingerprint density at radius 1 is 1.33 bits per heavy atom. The van der Waals surface area contributed by atoms with Crippen molar-refractivity contribution < 1.29 is 9.90 Å². The highest BCUT2D eigenvalue weighted by Gasteiger charge is 2.27. The average Bonchev–Trinajstić information content (AvgIpc) is 2.12. The third-order valence-corrected chi connectivity index (χ3v) is 3.32. The molecule has 0 bridgehead atoms. The summed E-state index contributed by atoms with van der Waals surface area (Å²) in [5, 5.41) is 12.2. The first-order valence-electron chi connectivity index (χ1n) is 6.01. The van der Waals surface area contributed by atoms with Crippen LogP contribution in [0.2, 0.25) is 0 Å². The number of carboxylic acid groups (broad SMARTS) is 1. The molecule has 1 rings (SSSR count). The number of carboxylic acids is 1. The predicted molar refractivity (Wildman–Crippen MR) is 60.8 cm³/mol. The molecule has 0 aromatic heterocycles. The third kappa shape index (κ3) is 3.82. The Kier molecular flexibility index (Phi) is 4.58. The van der Waals surface area contributed by atoms with Gasteiger partial charge in [0.15, 0.2) is 0 Å². The highest BCUT2D eigenvalue weighted by atomic mass is 16.4. The van der Waals surface area contributed by atoms with E-state index in [1.165, 1.54) is 6.42 Å². The molecule has 0 aromatic rings. The summed E-state index contributed by atoms with van der Waals surface area (Å²) in [5.74, 6) is 0.721. The fraction of sp³-hybridized carbons (Fsp3) is 0.917. The first kappa shape index (κ1) is 12.5. The second-order valence-electron chi connectivity index (χ2n) is 5.08. The molecule has 1 aliphatic carbocycles. The highest BCUT2D eigenvalue weighted by molar-refractivity contribution is 5.73. The lowest BCUT2D eigenvalue weighted by molar-refractivity contribution is -0.139. The topological polar surface area (TPSA) is 49.3 Å². The van der Waals surface area contributed by atoms with Crippen LogP contribution in [0, 0.1) is 11.8 Å². The maximum absolute atomic E-state index is 10.9. The molecule has 88 valence electrons. The van der Waals surface area contributed by atoms with Crippen LogP contribution in [0.4, 0.5) is 0 Å². The molecular weight excluding hydrogens is 190 g/mol. The van der Waals surface area contributed by atoms with E-state index in [0.717, 1.165) is 24.7 Å². The number of rotatable bonds is 4. The molecule has 0 spiro atoms. The van der Waals surface area contributed by atoms with Gasteiger partial charge in [-0.2, -0.15) is 0 Å². The van der Waals surface area contributed by atoms with Gasteiger partial charge < -0.3 is 10.4 Å². The van der Waals surface area contributed by atoms with Gasteiger partial charge in [-0.1, -0.05) is 20.8 Å². The summed E-state index contributed by atoms with van der Waals surface area (Å²) < 4.78 is 0. The van der Waals surface area contributed by atoms with Crippen molar-refractivity contribution in [2.75, 3.05) is 0 Å². The van der Waals surface area contributed by atoms with Crippen LogP contribution in [0.3, 0.4) is 0 Å². The molecule has 3 heteroatoms. The Morgan fingerprint density at radius 3 is 2.27 bits per heavy atom. The summed E-state index contributed by atoms with van der Waals surface area (Å²) in [6.45, 7) is 6.43. The van der Waals surface area contributed by atoms with Crippen molar-refractivity contribution in [3.63, 3.8) is 0 Å². The molecule has 2 N–H and O–H groups in total. The second kappa shape index (κ2) is 5.50. The lowest BCUT2D eigenvalue weighted by atomic mass is 9.80. The average molecular weight is 213 g/mol. The van der Waals surface area contributed by atoms with Crippen LogP contribution in [0.5, 0.6) is 0 Å². The molecule has 0 radical (unpaired) electrons. The molecule has 3 unspecified atom stereocenters. The summed E-state index contributed by atoms with van der Waals surface area (Å²) in [7, 11) is 0. The lowest BCUT2D eigenvalue weighted by Crippen LogP contribution is -2.45. The number of hydrogen-bond donors (Lipinski definition) is 2. The Morgan fingerprint density at radius 2 is 1.87 bits per heavy atom. The van der Waals surface area contributed by atoms with Crippen LogP contribution in [0.25, 0.3) is 0 Å². The molecule has 0 saturated heterocycles. The van der Waals surface area contributed by atoms with Crippen molar-refractivity contribution in [1.29, 1.82) is 0 Å². The van der Waals surface area contributed by atoms with E-state index in [1.54, 1.807) is 0 Å². The molecular formula is C12H23NO2. The lowest BCUT2D eigenvalue weighted by Gasteiger charge is -2.33. The fourth-order valence-corrected chi connectivity index (χ4v) is 2.73. The molecule has 0 heterocycles. The summed E-state index contributed by atoms with van der Waals surface area (Å²) in [6, 6.07) is 0.0253. The van der Waals surface area contributed by atoms with Crippen molar-refractivity contribution >= 4 is 5.97 Å². The standard InChI is InChI=1S/C12H23NO2/c1-4-11(12(14)15)13-10-6-8(2)5-9(3)7-10/h8-11,13H,4-7H2,1-3H3,(H,14,15). The molecule has 0 aliphatic heterocycles. The molecule has 3 atom stereocenters. The maximum Gasteiger partial charge on any atom is 0.320 e. The minimum atomic E-state index is -0.719. The van der Waals surface area contributed by atoms with Gasteiger partial charge in [-0.15, -0.1) is 0 Å². The summed E-state index contributed by atoms with van der Waals surface area (Å²) in [5.41, 5.74) is 0. The van der Waals surface area contributed by atoms with E-state index >= 15 is 0 Å². The van der Waals surface area contributed by atoms with Gasteiger partial charge in [-0.05, 0) is 37.5 Å². The van der Waals surface area contributed by atoms with E-state index in [2.05, 4.69) is 19.2 Å². The quantitative estimate of drug-likeness (QED) is 0.753. The van der Waals surface area contributed by atoms with Crippen molar-refractivity contribution in [2.24, 2.45) is 11.8 Å². The molecule has 0 aromatic carbocycles. The molecule has 1 fully saturated rings. The Bertz CT molecular complexity index is 208. The summed E-state index contributed by atoms with van der Waals surface area (Å²) in [6.07, 6.45) is 4.18. The Balaban J connectivity index is 2.45.